The summed E-state index contributed by atoms with van der Waals surface area (Å²) in [6.07, 6.45) is -4.45. The van der Waals surface area contributed by atoms with Crippen molar-refractivity contribution in [1.29, 1.82) is 0 Å². The molecule has 0 aliphatic carbocycles. The van der Waals surface area contributed by atoms with Crippen LogP contribution in [-0.4, -0.2) is 39.4 Å². The van der Waals surface area contributed by atoms with Crippen molar-refractivity contribution in [1.82, 2.24) is 0 Å². The number of ketones is 1. The summed E-state index contributed by atoms with van der Waals surface area (Å²) >= 11 is 0. The summed E-state index contributed by atoms with van der Waals surface area (Å²) in [5, 5.41) is 0. The molecule has 1 aromatic carbocycles. The van der Waals surface area contributed by atoms with Crippen molar-refractivity contribution in [3.63, 3.8) is 0 Å². The van der Waals surface area contributed by atoms with Gasteiger partial charge in [-0.1, -0.05) is 0 Å². The summed E-state index contributed by atoms with van der Waals surface area (Å²) in [6, 6.07) is 4.36. The predicted octanol–water partition coefficient (Wildman–Crippen LogP) is 2.47. The smallest absolute Gasteiger partial charge is 0.411 e. The van der Waals surface area contributed by atoms with Gasteiger partial charge in [0.25, 0.3) is 0 Å². The van der Waals surface area contributed by atoms with Gasteiger partial charge in [0.05, 0.1) is 14.2 Å². The van der Waals surface area contributed by atoms with Crippen LogP contribution in [0, 0.1) is 0 Å². The highest BCUT2D eigenvalue weighted by Crippen LogP contribution is 2.23. The Hall–Kier alpha value is -1.76. The van der Waals surface area contributed by atoms with E-state index in [1.165, 1.54) is 26.4 Å². The quantitative estimate of drug-likeness (QED) is 0.750. The van der Waals surface area contributed by atoms with Crippen LogP contribution in [0.25, 0.3) is 0 Å². The fourth-order valence-electron chi connectivity index (χ4n) is 1.31. The lowest BCUT2D eigenvalue weighted by Gasteiger charge is -2.09. The van der Waals surface area contributed by atoms with E-state index in [0.29, 0.717) is 11.5 Å². The topological polar surface area (TPSA) is 44.8 Å². The molecule has 0 bridgehead atoms. The van der Waals surface area contributed by atoms with Crippen LogP contribution in [0.5, 0.6) is 11.5 Å². The molecule has 0 unspecified atom stereocenters. The minimum atomic E-state index is -4.45. The zero-order valence-corrected chi connectivity index (χ0v) is 10.4. The molecule has 0 aliphatic rings. The van der Waals surface area contributed by atoms with E-state index < -0.39 is 25.2 Å². The van der Waals surface area contributed by atoms with E-state index in [2.05, 4.69) is 4.74 Å². The number of alkyl halides is 3. The molecule has 19 heavy (non-hydrogen) atoms. The minimum Gasteiger partial charge on any atom is -0.497 e. The Balaban J connectivity index is 2.71. The maximum absolute atomic E-state index is 11.9. The fraction of sp³-hybridized carbons (Fsp3) is 0.417. The van der Waals surface area contributed by atoms with E-state index in [0.717, 1.165) is 0 Å². The Labute approximate surface area is 108 Å². The van der Waals surface area contributed by atoms with E-state index in [-0.39, 0.29) is 5.56 Å². The number of methoxy groups -OCH3 is 2. The monoisotopic (exact) mass is 278 g/mol. The number of halogens is 3. The molecule has 4 nitrogen and oxygen atoms in total. The molecule has 0 aromatic heterocycles. The second-order valence-electron chi connectivity index (χ2n) is 3.63. The second-order valence-corrected chi connectivity index (χ2v) is 3.63. The third kappa shape index (κ3) is 5.17. The summed E-state index contributed by atoms with van der Waals surface area (Å²) in [7, 11) is 2.81. The van der Waals surface area contributed by atoms with E-state index >= 15 is 0 Å². The number of carbonyl (C=O) groups is 1. The lowest BCUT2D eigenvalue weighted by Crippen LogP contribution is -2.20. The molecule has 0 saturated carbocycles. The summed E-state index contributed by atoms with van der Waals surface area (Å²) in [5.74, 6) is 0.165. The van der Waals surface area contributed by atoms with Gasteiger partial charge < -0.3 is 14.2 Å². The number of carbonyl (C=O) groups excluding carboxylic acids is 1. The molecule has 0 fully saturated rings. The molecular weight excluding hydrogens is 265 g/mol. The van der Waals surface area contributed by atoms with Gasteiger partial charge >= 0.3 is 6.18 Å². The van der Waals surface area contributed by atoms with Crippen LogP contribution in [0.4, 0.5) is 13.2 Å². The lowest BCUT2D eigenvalue weighted by atomic mass is 10.1. The minimum absolute atomic E-state index is 0.165. The lowest BCUT2D eigenvalue weighted by molar-refractivity contribution is -0.170. The first-order valence-corrected chi connectivity index (χ1v) is 5.26. The number of benzene rings is 1. The molecule has 1 aromatic rings. The van der Waals surface area contributed by atoms with Gasteiger partial charge in [0, 0.05) is 11.6 Å². The highest BCUT2D eigenvalue weighted by Gasteiger charge is 2.27. The van der Waals surface area contributed by atoms with E-state index in [1.807, 2.05) is 0 Å². The molecule has 1 rings (SSSR count). The Kier molecular flexibility index (Phi) is 5.17. The molecule has 0 N–H and O–H groups in total. The predicted molar refractivity (Wildman–Crippen MR) is 60.8 cm³/mol. The van der Waals surface area contributed by atoms with Crippen LogP contribution in [0.2, 0.25) is 0 Å². The van der Waals surface area contributed by atoms with Crippen molar-refractivity contribution >= 4 is 5.78 Å². The largest absolute Gasteiger partial charge is 0.497 e. The van der Waals surface area contributed by atoms with Gasteiger partial charge in [-0.2, -0.15) is 13.2 Å². The summed E-state index contributed by atoms with van der Waals surface area (Å²) in [5.41, 5.74) is 0.165. The number of rotatable bonds is 6. The summed E-state index contributed by atoms with van der Waals surface area (Å²) in [6.45, 7) is -2.12. The highest BCUT2D eigenvalue weighted by atomic mass is 19.4. The molecule has 106 valence electrons. The standard InChI is InChI=1S/C12H13F3O4/c1-17-9-3-8(4-10(5-9)18-2)11(16)6-19-7-12(13,14)15/h3-5H,6-7H2,1-2H3. The van der Waals surface area contributed by atoms with Gasteiger partial charge in [0.2, 0.25) is 0 Å². The fourth-order valence-corrected chi connectivity index (χ4v) is 1.31. The Morgan fingerprint density at radius 3 is 2.05 bits per heavy atom. The van der Waals surface area contributed by atoms with Crippen LogP contribution < -0.4 is 9.47 Å². The Morgan fingerprint density at radius 1 is 1.11 bits per heavy atom. The van der Waals surface area contributed by atoms with E-state index in [1.54, 1.807) is 6.07 Å². The molecule has 0 aliphatic heterocycles. The molecule has 0 amide bonds. The normalized spacial score (nSPS) is 11.2. The first-order chi connectivity index (χ1) is 8.85. The molecule has 0 spiro atoms. The van der Waals surface area contributed by atoms with Gasteiger partial charge in [-0.05, 0) is 12.1 Å². The maximum atomic E-state index is 11.9. The van der Waals surface area contributed by atoms with E-state index in [4.69, 9.17) is 9.47 Å². The van der Waals surface area contributed by atoms with Crippen molar-refractivity contribution in [3.05, 3.63) is 23.8 Å². The van der Waals surface area contributed by atoms with Crippen molar-refractivity contribution in [2.45, 2.75) is 6.18 Å². The Bertz CT molecular complexity index is 421. The van der Waals surface area contributed by atoms with Crippen molar-refractivity contribution in [2.24, 2.45) is 0 Å². The van der Waals surface area contributed by atoms with Gasteiger partial charge in [-0.3, -0.25) is 4.79 Å². The van der Waals surface area contributed by atoms with Crippen LogP contribution >= 0.6 is 0 Å². The first-order valence-electron chi connectivity index (χ1n) is 5.26. The highest BCUT2D eigenvalue weighted by molar-refractivity contribution is 5.97. The third-order valence-corrected chi connectivity index (χ3v) is 2.17. The van der Waals surface area contributed by atoms with Crippen LogP contribution in [0.1, 0.15) is 10.4 Å². The zero-order chi connectivity index (χ0) is 14.5. The van der Waals surface area contributed by atoms with Crippen molar-refractivity contribution in [2.75, 3.05) is 27.4 Å². The molecular formula is C12H13F3O4. The van der Waals surface area contributed by atoms with Gasteiger partial charge in [0.15, 0.2) is 5.78 Å². The molecule has 0 saturated heterocycles. The average molecular weight is 278 g/mol. The number of hydrogen-bond acceptors (Lipinski definition) is 4. The maximum Gasteiger partial charge on any atom is 0.411 e. The number of Topliss-reactive ketones (excluding diaryl/α,β-unsaturated/α-hetero) is 1. The molecule has 0 radical (unpaired) electrons. The number of ether oxygens (including phenoxy) is 3. The Morgan fingerprint density at radius 2 is 1.63 bits per heavy atom. The van der Waals surface area contributed by atoms with Crippen molar-refractivity contribution in [3.8, 4) is 11.5 Å². The average Bonchev–Trinajstić information content (AvgIpc) is 2.36. The summed E-state index contributed by atoms with van der Waals surface area (Å²) in [4.78, 5) is 11.7. The van der Waals surface area contributed by atoms with Crippen LogP contribution in [-0.2, 0) is 4.74 Å². The van der Waals surface area contributed by atoms with E-state index in [9.17, 15) is 18.0 Å². The van der Waals surface area contributed by atoms with Crippen molar-refractivity contribution < 1.29 is 32.2 Å². The third-order valence-electron chi connectivity index (χ3n) is 2.17. The summed E-state index contributed by atoms with van der Waals surface area (Å²) < 4.78 is 49.8. The van der Waals surface area contributed by atoms with Gasteiger partial charge in [-0.15, -0.1) is 0 Å². The van der Waals surface area contributed by atoms with Crippen LogP contribution in [0.15, 0.2) is 18.2 Å². The number of hydrogen-bond donors (Lipinski definition) is 0. The molecule has 7 heteroatoms. The second kappa shape index (κ2) is 6.42. The van der Waals surface area contributed by atoms with Crippen LogP contribution in [0.3, 0.4) is 0 Å². The molecule has 0 atom stereocenters. The van der Waals surface area contributed by atoms with Gasteiger partial charge in [-0.25, -0.2) is 0 Å². The molecule has 0 heterocycles. The SMILES string of the molecule is COc1cc(OC)cc(C(=O)COCC(F)(F)F)c1. The first kappa shape index (κ1) is 15.3. The zero-order valence-electron chi connectivity index (χ0n) is 10.4. The van der Waals surface area contributed by atoms with Gasteiger partial charge in [0.1, 0.15) is 24.7 Å².